The Bertz CT molecular complexity index is 708. The van der Waals surface area contributed by atoms with Crippen LogP contribution in [0.2, 0.25) is 0 Å². The molecule has 2 heterocycles. The van der Waals surface area contributed by atoms with Crippen molar-refractivity contribution in [1.29, 1.82) is 5.26 Å². The van der Waals surface area contributed by atoms with E-state index in [4.69, 9.17) is 5.26 Å². The summed E-state index contributed by atoms with van der Waals surface area (Å²) in [5.41, 5.74) is 4.08. The summed E-state index contributed by atoms with van der Waals surface area (Å²) in [5, 5.41) is 13.9. The van der Waals surface area contributed by atoms with E-state index in [9.17, 15) is 0 Å². The molecule has 0 spiro atoms. The molecule has 18 heavy (non-hydrogen) atoms. The van der Waals surface area contributed by atoms with Crippen LogP contribution in [0.5, 0.6) is 0 Å². The third-order valence-corrected chi connectivity index (χ3v) is 3.26. The summed E-state index contributed by atoms with van der Waals surface area (Å²) in [6.07, 6.45) is 3.11. The lowest BCUT2D eigenvalue weighted by Crippen LogP contribution is -1.94. The molecule has 0 unspecified atom stereocenters. The van der Waals surface area contributed by atoms with E-state index in [0.29, 0.717) is 5.56 Å². The molecule has 5 nitrogen and oxygen atoms in total. The first-order valence-electron chi connectivity index (χ1n) is 5.17. The maximum Gasteiger partial charge on any atom is 0.147 e. The van der Waals surface area contributed by atoms with E-state index < -0.39 is 0 Å². The van der Waals surface area contributed by atoms with E-state index in [2.05, 4.69) is 21.1 Å². The van der Waals surface area contributed by atoms with Gasteiger partial charge in [-0.25, -0.2) is 14.6 Å². The van der Waals surface area contributed by atoms with Gasteiger partial charge in [0, 0.05) is 5.56 Å². The highest BCUT2D eigenvalue weighted by atomic mass is 32.1. The lowest BCUT2D eigenvalue weighted by atomic mass is 10.1. The minimum absolute atomic E-state index is 0.616. The van der Waals surface area contributed by atoms with Gasteiger partial charge in [0.25, 0.3) is 0 Å². The van der Waals surface area contributed by atoms with Gasteiger partial charge in [0.15, 0.2) is 0 Å². The number of aromatic nitrogens is 4. The Morgan fingerprint density at radius 3 is 3.06 bits per heavy atom. The Kier molecular flexibility index (Phi) is 2.59. The predicted octanol–water partition coefficient (Wildman–Crippen LogP) is 2.26. The SMILES string of the molecule is N#Cc1cccc(-c2ncsc2-n2cncn2)c1. The lowest BCUT2D eigenvalue weighted by Gasteiger charge is -2.02. The van der Waals surface area contributed by atoms with Crippen LogP contribution in [0.1, 0.15) is 5.56 Å². The number of thiazole rings is 1. The highest BCUT2D eigenvalue weighted by Gasteiger charge is 2.11. The van der Waals surface area contributed by atoms with Gasteiger partial charge in [-0.15, -0.1) is 11.3 Å². The Hall–Kier alpha value is -2.52. The van der Waals surface area contributed by atoms with Gasteiger partial charge in [-0.05, 0) is 12.1 Å². The molecule has 0 atom stereocenters. The Morgan fingerprint density at radius 1 is 1.33 bits per heavy atom. The van der Waals surface area contributed by atoms with Gasteiger partial charge in [-0.1, -0.05) is 12.1 Å². The van der Waals surface area contributed by atoms with Crippen LogP contribution in [0, 0.1) is 11.3 Å². The molecule has 0 saturated carbocycles. The van der Waals surface area contributed by atoms with Crippen LogP contribution in [0.15, 0.2) is 42.4 Å². The molecule has 0 fully saturated rings. The maximum absolute atomic E-state index is 8.92. The van der Waals surface area contributed by atoms with Crippen molar-refractivity contribution in [3.8, 4) is 22.3 Å². The molecule has 0 aliphatic carbocycles. The molecule has 0 radical (unpaired) electrons. The van der Waals surface area contributed by atoms with Gasteiger partial charge in [-0.3, -0.25) is 0 Å². The first-order chi connectivity index (χ1) is 8.88. The molecular formula is C12H7N5S. The highest BCUT2D eigenvalue weighted by Crippen LogP contribution is 2.28. The summed E-state index contributed by atoms with van der Waals surface area (Å²) in [5.74, 6) is 0. The van der Waals surface area contributed by atoms with E-state index in [1.807, 2.05) is 18.2 Å². The van der Waals surface area contributed by atoms with Crippen molar-refractivity contribution in [2.24, 2.45) is 0 Å². The van der Waals surface area contributed by atoms with Crippen LogP contribution < -0.4 is 0 Å². The van der Waals surface area contributed by atoms with Crippen LogP contribution in [0.25, 0.3) is 16.3 Å². The van der Waals surface area contributed by atoms with E-state index in [-0.39, 0.29) is 0 Å². The lowest BCUT2D eigenvalue weighted by molar-refractivity contribution is 0.895. The van der Waals surface area contributed by atoms with Gasteiger partial charge < -0.3 is 0 Å². The molecule has 0 amide bonds. The zero-order chi connectivity index (χ0) is 12.4. The molecule has 6 heteroatoms. The minimum atomic E-state index is 0.616. The molecule has 0 N–H and O–H groups in total. The van der Waals surface area contributed by atoms with E-state index >= 15 is 0 Å². The molecule has 3 aromatic rings. The number of nitriles is 1. The summed E-state index contributed by atoms with van der Waals surface area (Å²) in [6, 6.07) is 9.48. The van der Waals surface area contributed by atoms with Crippen LogP contribution in [0.3, 0.4) is 0 Å². The van der Waals surface area contributed by atoms with Gasteiger partial charge in [0.1, 0.15) is 23.3 Å². The molecule has 3 rings (SSSR count). The van der Waals surface area contributed by atoms with Crippen molar-refractivity contribution < 1.29 is 0 Å². The van der Waals surface area contributed by atoms with Crippen LogP contribution in [-0.2, 0) is 0 Å². The number of hydrogen-bond acceptors (Lipinski definition) is 5. The van der Waals surface area contributed by atoms with Crippen molar-refractivity contribution in [1.82, 2.24) is 19.7 Å². The average molecular weight is 253 g/mol. The number of rotatable bonds is 2. The first-order valence-corrected chi connectivity index (χ1v) is 6.05. The van der Waals surface area contributed by atoms with Crippen molar-refractivity contribution >= 4 is 11.3 Å². The van der Waals surface area contributed by atoms with E-state index in [0.717, 1.165) is 16.3 Å². The van der Waals surface area contributed by atoms with Crippen molar-refractivity contribution in [3.63, 3.8) is 0 Å². The van der Waals surface area contributed by atoms with Crippen molar-refractivity contribution in [2.75, 3.05) is 0 Å². The average Bonchev–Trinajstić information content (AvgIpc) is 3.09. The van der Waals surface area contributed by atoms with Crippen molar-refractivity contribution in [2.45, 2.75) is 0 Å². The Balaban J connectivity index is 2.13. The number of nitrogens with zero attached hydrogens (tertiary/aromatic N) is 5. The molecule has 0 aliphatic heterocycles. The fourth-order valence-corrected chi connectivity index (χ4v) is 2.39. The highest BCUT2D eigenvalue weighted by molar-refractivity contribution is 7.12. The minimum Gasteiger partial charge on any atom is -0.242 e. The third-order valence-electron chi connectivity index (χ3n) is 2.44. The molecule has 0 saturated heterocycles. The fourth-order valence-electron chi connectivity index (χ4n) is 1.65. The Morgan fingerprint density at radius 2 is 2.28 bits per heavy atom. The summed E-state index contributed by atoms with van der Waals surface area (Å²) in [6.45, 7) is 0. The van der Waals surface area contributed by atoms with Crippen molar-refractivity contribution in [3.05, 3.63) is 48.0 Å². The number of benzene rings is 1. The van der Waals surface area contributed by atoms with Crippen LogP contribution in [-0.4, -0.2) is 19.7 Å². The smallest absolute Gasteiger partial charge is 0.147 e. The second-order valence-electron chi connectivity index (χ2n) is 3.54. The number of hydrogen-bond donors (Lipinski definition) is 0. The quantitative estimate of drug-likeness (QED) is 0.702. The van der Waals surface area contributed by atoms with E-state index in [1.54, 1.807) is 22.6 Å². The monoisotopic (exact) mass is 253 g/mol. The molecule has 86 valence electrons. The molecule has 1 aromatic carbocycles. The second kappa shape index (κ2) is 4.39. The summed E-state index contributed by atoms with van der Waals surface area (Å²) < 4.78 is 1.67. The zero-order valence-corrected chi connectivity index (χ0v) is 10.0. The molecule has 2 aromatic heterocycles. The predicted molar refractivity (Wildman–Crippen MR) is 67.2 cm³/mol. The van der Waals surface area contributed by atoms with E-state index in [1.165, 1.54) is 17.7 Å². The summed E-state index contributed by atoms with van der Waals surface area (Å²) in [4.78, 5) is 8.26. The summed E-state index contributed by atoms with van der Waals surface area (Å²) >= 11 is 1.48. The third kappa shape index (κ3) is 1.77. The topological polar surface area (TPSA) is 67.4 Å². The van der Waals surface area contributed by atoms with Gasteiger partial charge in [-0.2, -0.15) is 10.4 Å². The van der Waals surface area contributed by atoms with Gasteiger partial charge in [0.05, 0.1) is 17.1 Å². The summed E-state index contributed by atoms with van der Waals surface area (Å²) in [7, 11) is 0. The Labute approximate surface area is 107 Å². The van der Waals surface area contributed by atoms with Gasteiger partial charge in [0.2, 0.25) is 0 Å². The van der Waals surface area contributed by atoms with Gasteiger partial charge >= 0.3 is 0 Å². The molecule has 0 aliphatic rings. The van der Waals surface area contributed by atoms with Crippen LogP contribution >= 0.6 is 11.3 Å². The maximum atomic E-state index is 8.92. The van der Waals surface area contributed by atoms with Crippen LogP contribution in [0.4, 0.5) is 0 Å². The molecule has 0 bridgehead atoms. The zero-order valence-electron chi connectivity index (χ0n) is 9.19. The molecular weight excluding hydrogens is 246 g/mol. The fraction of sp³-hybridized carbons (Fsp3) is 0. The first kappa shape index (κ1) is 10.6. The normalized spacial score (nSPS) is 10.2. The standard InChI is InChI=1S/C12H7N5S/c13-5-9-2-1-3-10(4-9)11-12(18-8-15-11)17-7-14-6-16-17/h1-4,6-8H. The largest absolute Gasteiger partial charge is 0.242 e. The second-order valence-corrected chi connectivity index (χ2v) is 4.37.